The molecule has 2 aliphatic rings. The van der Waals surface area contributed by atoms with Crippen LogP contribution in [0.15, 0.2) is 17.2 Å². The SMILES string of the molecule is NC1CC[NH+](c2nccc(/C=C3\SC(=O)NC3=O)n2)CC1. The van der Waals surface area contributed by atoms with Gasteiger partial charge in [0.05, 0.1) is 23.7 Å². The first-order chi connectivity index (χ1) is 10.1. The lowest BCUT2D eigenvalue weighted by atomic mass is 10.1. The van der Waals surface area contributed by atoms with Gasteiger partial charge in [-0.2, -0.15) is 9.97 Å². The van der Waals surface area contributed by atoms with Crippen molar-refractivity contribution in [2.75, 3.05) is 13.1 Å². The standard InChI is InChI=1S/C13H15N5O2S/c14-8-2-5-18(6-3-8)12-15-4-1-9(16-12)7-10-11(19)17-13(20)21-10/h1,4,7-8H,2-3,5-6,14H2,(H,17,19,20)/p+1/b10-7-. The monoisotopic (exact) mass is 306 g/mol. The third-order valence-corrected chi connectivity index (χ3v) is 4.36. The van der Waals surface area contributed by atoms with E-state index in [9.17, 15) is 9.59 Å². The fourth-order valence-electron chi connectivity index (χ4n) is 2.39. The summed E-state index contributed by atoms with van der Waals surface area (Å²) in [4.78, 5) is 33.0. The summed E-state index contributed by atoms with van der Waals surface area (Å²) in [6, 6.07) is 1.99. The molecule has 0 aromatic carbocycles. The second kappa shape index (κ2) is 5.92. The highest BCUT2D eigenvalue weighted by Crippen LogP contribution is 2.24. The van der Waals surface area contributed by atoms with Crippen molar-refractivity contribution in [1.82, 2.24) is 15.3 Å². The third kappa shape index (κ3) is 3.29. The van der Waals surface area contributed by atoms with Crippen molar-refractivity contribution in [3.05, 3.63) is 22.9 Å². The van der Waals surface area contributed by atoms with Gasteiger partial charge in [0.1, 0.15) is 0 Å². The molecule has 2 aliphatic heterocycles. The molecule has 0 spiro atoms. The molecular formula is C13H16N5O2S+. The van der Waals surface area contributed by atoms with E-state index in [1.54, 1.807) is 18.3 Å². The Balaban J connectivity index is 1.79. The van der Waals surface area contributed by atoms with E-state index >= 15 is 0 Å². The van der Waals surface area contributed by atoms with Crippen LogP contribution in [0.2, 0.25) is 0 Å². The van der Waals surface area contributed by atoms with Crippen molar-refractivity contribution >= 4 is 34.9 Å². The van der Waals surface area contributed by atoms with Gasteiger partial charge in [0.25, 0.3) is 11.1 Å². The normalized spacial score (nSPS) is 28.0. The Kier molecular flexibility index (Phi) is 4.00. The minimum absolute atomic E-state index is 0.267. The molecular weight excluding hydrogens is 290 g/mol. The summed E-state index contributed by atoms with van der Waals surface area (Å²) >= 11 is 0.888. The third-order valence-electron chi connectivity index (χ3n) is 3.55. The Hall–Kier alpha value is -1.77. The summed E-state index contributed by atoms with van der Waals surface area (Å²) in [6.07, 6.45) is 5.20. The predicted octanol–water partition coefficient (Wildman–Crippen LogP) is -0.562. The van der Waals surface area contributed by atoms with Crippen LogP contribution in [0, 0.1) is 0 Å². The minimum Gasteiger partial charge on any atom is -0.327 e. The fraction of sp³-hybridized carbons (Fsp3) is 0.385. The smallest absolute Gasteiger partial charge is 0.327 e. The van der Waals surface area contributed by atoms with Crippen LogP contribution in [0.25, 0.3) is 6.08 Å². The molecule has 8 heteroatoms. The van der Waals surface area contributed by atoms with Gasteiger partial charge in [-0.1, -0.05) is 0 Å². The Morgan fingerprint density at radius 1 is 1.38 bits per heavy atom. The Bertz CT molecular complexity index is 610. The number of rotatable bonds is 2. The molecule has 0 radical (unpaired) electrons. The number of nitrogens with zero attached hydrogens (tertiary/aromatic N) is 2. The van der Waals surface area contributed by atoms with Crippen molar-refractivity contribution in [2.24, 2.45) is 5.73 Å². The molecule has 0 atom stereocenters. The molecule has 1 aromatic rings. The zero-order valence-electron chi connectivity index (χ0n) is 11.3. The van der Waals surface area contributed by atoms with Gasteiger partial charge in [0, 0.05) is 25.1 Å². The topological polar surface area (TPSA) is 102 Å². The summed E-state index contributed by atoms with van der Waals surface area (Å²) in [7, 11) is 0. The van der Waals surface area contributed by atoms with Gasteiger partial charge >= 0.3 is 5.95 Å². The number of quaternary nitrogens is 1. The van der Waals surface area contributed by atoms with Gasteiger partial charge in [-0.25, -0.2) is 0 Å². The second-order valence-electron chi connectivity index (χ2n) is 5.10. The summed E-state index contributed by atoms with van der Waals surface area (Å²) < 4.78 is 0. The first-order valence-corrected chi connectivity index (χ1v) is 7.62. The van der Waals surface area contributed by atoms with Crippen molar-refractivity contribution < 1.29 is 14.5 Å². The second-order valence-corrected chi connectivity index (χ2v) is 6.11. The molecule has 3 rings (SSSR count). The van der Waals surface area contributed by atoms with Gasteiger partial charge in [-0.05, 0) is 23.9 Å². The molecule has 0 bridgehead atoms. The number of hydrogen-bond acceptors (Lipinski definition) is 6. The van der Waals surface area contributed by atoms with E-state index in [2.05, 4.69) is 15.3 Å². The highest BCUT2D eigenvalue weighted by Gasteiger charge is 2.26. The number of carbonyl (C=O) groups is 2. The number of amides is 2. The van der Waals surface area contributed by atoms with Crippen LogP contribution in [-0.4, -0.2) is 40.2 Å². The number of nitrogens with one attached hydrogen (secondary N) is 2. The molecule has 2 amide bonds. The summed E-state index contributed by atoms with van der Waals surface area (Å²) in [5.41, 5.74) is 6.53. The van der Waals surface area contributed by atoms with Crippen LogP contribution in [-0.2, 0) is 4.79 Å². The van der Waals surface area contributed by atoms with Gasteiger partial charge in [0.2, 0.25) is 0 Å². The summed E-state index contributed by atoms with van der Waals surface area (Å²) in [5, 5.41) is 1.87. The molecule has 0 saturated carbocycles. The van der Waals surface area contributed by atoms with Crippen molar-refractivity contribution in [3.63, 3.8) is 0 Å². The molecule has 2 saturated heterocycles. The van der Waals surface area contributed by atoms with Crippen LogP contribution in [0.3, 0.4) is 0 Å². The first kappa shape index (κ1) is 14.2. The van der Waals surface area contributed by atoms with E-state index in [0.29, 0.717) is 16.5 Å². The molecule has 7 nitrogen and oxygen atoms in total. The number of imide groups is 1. The maximum absolute atomic E-state index is 11.5. The van der Waals surface area contributed by atoms with E-state index in [1.807, 2.05) is 0 Å². The molecule has 2 fully saturated rings. The highest BCUT2D eigenvalue weighted by atomic mass is 32.2. The van der Waals surface area contributed by atoms with Crippen LogP contribution >= 0.6 is 11.8 Å². The average Bonchev–Trinajstić information content (AvgIpc) is 2.78. The van der Waals surface area contributed by atoms with Crippen molar-refractivity contribution in [1.29, 1.82) is 0 Å². The molecule has 0 aliphatic carbocycles. The van der Waals surface area contributed by atoms with E-state index in [1.165, 1.54) is 4.90 Å². The van der Waals surface area contributed by atoms with Gasteiger partial charge in [-0.3, -0.25) is 19.8 Å². The zero-order valence-corrected chi connectivity index (χ0v) is 12.2. The lowest BCUT2D eigenvalue weighted by Gasteiger charge is -2.24. The number of carbonyl (C=O) groups excluding carboxylic acids is 2. The van der Waals surface area contributed by atoms with Gasteiger partial charge in [0.15, 0.2) is 0 Å². The zero-order chi connectivity index (χ0) is 14.8. The van der Waals surface area contributed by atoms with E-state index in [0.717, 1.165) is 37.7 Å². The first-order valence-electron chi connectivity index (χ1n) is 6.80. The van der Waals surface area contributed by atoms with Crippen LogP contribution < -0.4 is 16.0 Å². The Labute approximate surface area is 126 Å². The summed E-state index contributed by atoms with van der Waals surface area (Å²) in [6.45, 7) is 1.82. The lowest BCUT2D eigenvalue weighted by molar-refractivity contribution is -0.843. The number of piperidine rings is 1. The number of hydrogen-bond donors (Lipinski definition) is 3. The molecule has 0 unspecified atom stereocenters. The highest BCUT2D eigenvalue weighted by molar-refractivity contribution is 8.18. The van der Waals surface area contributed by atoms with Crippen LogP contribution in [0.1, 0.15) is 18.5 Å². The summed E-state index contributed by atoms with van der Waals surface area (Å²) in [5.74, 6) is 0.340. The Morgan fingerprint density at radius 3 is 2.81 bits per heavy atom. The van der Waals surface area contributed by atoms with Crippen LogP contribution in [0.5, 0.6) is 0 Å². The van der Waals surface area contributed by atoms with Crippen molar-refractivity contribution in [2.45, 2.75) is 18.9 Å². The number of aromatic nitrogens is 2. The van der Waals surface area contributed by atoms with E-state index in [4.69, 9.17) is 5.73 Å². The molecule has 1 aromatic heterocycles. The largest absolute Gasteiger partial charge is 0.327 e. The number of thioether (sulfide) groups is 1. The van der Waals surface area contributed by atoms with Crippen LogP contribution in [0.4, 0.5) is 10.7 Å². The van der Waals surface area contributed by atoms with Crippen molar-refractivity contribution in [3.8, 4) is 0 Å². The maximum Gasteiger partial charge on any atom is 0.327 e. The minimum atomic E-state index is -0.374. The quantitative estimate of drug-likeness (QED) is 0.633. The van der Waals surface area contributed by atoms with Gasteiger partial charge < -0.3 is 5.73 Å². The average molecular weight is 306 g/mol. The van der Waals surface area contributed by atoms with E-state index in [-0.39, 0.29) is 17.2 Å². The Morgan fingerprint density at radius 2 is 2.14 bits per heavy atom. The maximum atomic E-state index is 11.5. The molecule has 4 N–H and O–H groups in total. The predicted molar refractivity (Wildman–Crippen MR) is 78.7 cm³/mol. The molecule has 21 heavy (non-hydrogen) atoms. The molecule has 110 valence electrons. The van der Waals surface area contributed by atoms with Gasteiger partial charge in [-0.15, -0.1) is 0 Å². The number of nitrogens with two attached hydrogens (primary N) is 1. The molecule has 3 heterocycles. The fourth-order valence-corrected chi connectivity index (χ4v) is 3.06. The van der Waals surface area contributed by atoms with E-state index < -0.39 is 0 Å². The lowest BCUT2D eigenvalue weighted by Crippen LogP contribution is -3.09.